The number of para-hydroxylation sites is 2. The molecule has 0 aliphatic heterocycles. The van der Waals surface area contributed by atoms with Crippen molar-refractivity contribution in [3.8, 4) is 0 Å². The van der Waals surface area contributed by atoms with Gasteiger partial charge in [0, 0.05) is 10.6 Å². The van der Waals surface area contributed by atoms with Crippen LogP contribution in [0.15, 0.2) is 83.7 Å². The minimum atomic E-state index is -0.414. The van der Waals surface area contributed by atoms with Gasteiger partial charge in [-0.05, 0) is 35.9 Å². The molecule has 0 aliphatic carbocycles. The van der Waals surface area contributed by atoms with E-state index in [4.69, 9.17) is 11.6 Å². The number of benzene rings is 3. The second-order valence-electron chi connectivity index (χ2n) is 6.24. The van der Waals surface area contributed by atoms with Crippen LogP contribution in [0.3, 0.4) is 0 Å². The molecule has 0 bridgehead atoms. The fourth-order valence-electron chi connectivity index (χ4n) is 2.92. The lowest BCUT2D eigenvalue weighted by atomic mass is 9.98. The molecule has 0 saturated carbocycles. The minimum absolute atomic E-state index is 0.0857. The molecule has 28 heavy (non-hydrogen) atoms. The zero-order valence-electron chi connectivity index (χ0n) is 14.7. The highest BCUT2D eigenvalue weighted by Crippen LogP contribution is 2.22. The van der Waals surface area contributed by atoms with Gasteiger partial charge in [0.05, 0.1) is 16.6 Å². The maximum atomic E-state index is 13.2. The second kappa shape index (κ2) is 7.62. The maximum Gasteiger partial charge on any atom is 0.275 e. The highest BCUT2D eigenvalue weighted by Gasteiger charge is 2.19. The molecule has 0 amide bonds. The highest BCUT2D eigenvalue weighted by atomic mass is 35.5. The van der Waals surface area contributed by atoms with Gasteiger partial charge in [0.25, 0.3) is 5.56 Å². The fraction of sp³-hybridized carbons (Fsp3) is 0. The molecule has 0 radical (unpaired) electrons. The molecule has 3 aromatic carbocycles. The molecule has 4 nitrogen and oxygen atoms in total. The smallest absolute Gasteiger partial charge is 0.275 e. The number of aromatic nitrogens is 2. The monoisotopic (exact) mass is 386 g/mol. The predicted molar refractivity (Wildman–Crippen MR) is 112 cm³/mol. The van der Waals surface area contributed by atoms with Gasteiger partial charge in [-0.25, -0.2) is 4.98 Å². The van der Waals surface area contributed by atoms with Crippen LogP contribution in [0.2, 0.25) is 5.02 Å². The number of hydrogen-bond acceptors (Lipinski definition) is 3. The molecule has 1 aromatic heterocycles. The molecular formula is C23H15ClN2O2. The average molecular weight is 387 g/mol. The standard InChI is InChI=1S/C23H15ClN2O2/c24-17-12-10-15(11-13-17)14-18(22(27)16-6-2-1-3-7-16)21-23(28)26-20-9-5-4-8-19(20)25-21/h1-14H,(H,26,28). The zero-order valence-corrected chi connectivity index (χ0v) is 15.5. The molecule has 0 aliphatic rings. The third kappa shape index (κ3) is 3.63. The van der Waals surface area contributed by atoms with Crippen molar-refractivity contribution in [1.29, 1.82) is 0 Å². The van der Waals surface area contributed by atoms with Crippen LogP contribution in [0.5, 0.6) is 0 Å². The quantitative estimate of drug-likeness (QED) is 0.396. The molecule has 0 atom stereocenters. The van der Waals surface area contributed by atoms with Crippen LogP contribution >= 0.6 is 11.6 Å². The van der Waals surface area contributed by atoms with E-state index in [1.165, 1.54) is 0 Å². The molecule has 0 saturated heterocycles. The highest BCUT2D eigenvalue weighted by molar-refractivity contribution is 6.32. The molecule has 0 fully saturated rings. The van der Waals surface area contributed by atoms with E-state index in [1.807, 2.05) is 18.2 Å². The number of halogens is 1. The summed E-state index contributed by atoms with van der Waals surface area (Å²) in [5.74, 6) is -0.274. The van der Waals surface area contributed by atoms with Crippen LogP contribution in [0.1, 0.15) is 21.6 Å². The molecule has 4 rings (SSSR count). The summed E-state index contributed by atoms with van der Waals surface area (Å²) in [6, 6.07) is 23.1. The first-order valence-corrected chi connectivity index (χ1v) is 9.06. The van der Waals surface area contributed by atoms with Gasteiger partial charge in [0.2, 0.25) is 0 Å². The number of allylic oxidation sites excluding steroid dienone is 1. The van der Waals surface area contributed by atoms with Crippen molar-refractivity contribution in [2.24, 2.45) is 0 Å². The summed E-state index contributed by atoms with van der Waals surface area (Å²) in [4.78, 5) is 33.2. The lowest BCUT2D eigenvalue weighted by molar-refractivity contribution is 0.105. The third-order valence-electron chi connectivity index (χ3n) is 4.32. The molecule has 136 valence electrons. The number of fused-ring (bicyclic) bond motifs is 1. The van der Waals surface area contributed by atoms with Gasteiger partial charge in [-0.2, -0.15) is 0 Å². The Morgan fingerprint density at radius 2 is 1.57 bits per heavy atom. The van der Waals surface area contributed by atoms with Crippen LogP contribution in [0.4, 0.5) is 0 Å². The second-order valence-corrected chi connectivity index (χ2v) is 6.67. The molecule has 0 spiro atoms. The van der Waals surface area contributed by atoms with Crippen LogP contribution in [0, 0.1) is 0 Å². The van der Waals surface area contributed by atoms with Crippen LogP contribution < -0.4 is 5.56 Å². The van der Waals surface area contributed by atoms with E-state index in [2.05, 4.69) is 9.97 Å². The van der Waals surface area contributed by atoms with E-state index >= 15 is 0 Å². The van der Waals surface area contributed by atoms with E-state index in [-0.39, 0.29) is 17.1 Å². The lowest BCUT2D eigenvalue weighted by Crippen LogP contribution is -2.18. The number of ketones is 1. The molecule has 4 aromatic rings. The number of nitrogens with zero attached hydrogens (tertiary/aromatic N) is 1. The van der Waals surface area contributed by atoms with Gasteiger partial charge in [0.15, 0.2) is 5.78 Å². The Morgan fingerprint density at radius 1 is 0.893 bits per heavy atom. The molecule has 0 unspecified atom stereocenters. The Morgan fingerprint density at radius 3 is 2.32 bits per heavy atom. The number of rotatable bonds is 4. The van der Waals surface area contributed by atoms with E-state index in [1.54, 1.807) is 66.7 Å². The normalized spacial score (nSPS) is 11.5. The number of H-pyrrole nitrogens is 1. The first kappa shape index (κ1) is 17.9. The van der Waals surface area contributed by atoms with Crippen LogP contribution in [-0.2, 0) is 0 Å². The van der Waals surface area contributed by atoms with Gasteiger partial charge in [-0.3, -0.25) is 9.59 Å². The summed E-state index contributed by atoms with van der Waals surface area (Å²) in [5, 5.41) is 0.592. The summed E-state index contributed by atoms with van der Waals surface area (Å²) in [5.41, 5.74) is 2.36. The SMILES string of the molecule is O=C(C(=Cc1ccc(Cl)cc1)c1nc2ccccc2[nH]c1=O)c1ccccc1. The lowest BCUT2D eigenvalue weighted by Gasteiger charge is -2.08. The number of hydrogen-bond donors (Lipinski definition) is 1. The van der Waals surface area contributed by atoms with Crippen molar-refractivity contribution in [2.45, 2.75) is 0 Å². The molecule has 5 heteroatoms. The maximum absolute atomic E-state index is 13.2. The largest absolute Gasteiger partial charge is 0.319 e. The van der Waals surface area contributed by atoms with Gasteiger partial charge < -0.3 is 4.98 Å². The number of carbonyl (C=O) groups excluding carboxylic acids is 1. The number of aromatic amines is 1. The van der Waals surface area contributed by atoms with Crippen LogP contribution in [-0.4, -0.2) is 15.8 Å². The van der Waals surface area contributed by atoms with Crippen molar-refractivity contribution in [3.63, 3.8) is 0 Å². The molecule has 1 heterocycles. The van der Waals surface area contributed by atoms with E-state index in [0.29, 0.717) is 21.6 Å². The van der Waals surface area contributed by atoms with E-state index in [9.17, 15) is 9.59 Å². The van der Waals surface area contributed by atoms with E-state index < -0.39 is 5.56 Å². The number of carbonyl (C=O) groups is 1. The number of Topliss-reactive ketones (excluding diaryl/α,β-unsaturated/α-hetero) is 1. The molecule has 1 N–H and O–H groups in total. The Balaban J connectivity index is 1.93. The fourth-order valence-corrected chi connectivity index (χ4v) is 3.05. The van der Waals surface area contributed by atoms with Crippen molar-refractivity contribution in [3.05, 3.63) is 111 Å². The first-order valence-electron chi connectivity index (χ1n) is 8.68. The Kier molecular flexibility index (Phi) is 4.87. The average Bonchev–Trinajstić information content (AvgIpc) is 2.73. The zero-order chi connectivity index (χ0) is 19.5. The summed E-state index contributed by atoms with van der Waals surface area (Å²) in [6.45, 7) is 0. The van der Waals surface area contributed by atoms with Gasteiger partial charge in [-0.15, -0.1) is 0 Å². The first-order chi connectivity index (χ1) is 13.6. The summed E-state index contributed by atoms with van der Waals surface area (Å²) in [7, 11) is 0. The topological polar surface area (TPSA) is 62.8 Å². The molecular weight excluding hydrogens is 372 g/mol. The van der Waals surface area contributed by atoms with Crippen molar-refractivity contribution in [2.75, 3.05) is 0 Å². The summed E-state index contributed by atoms with van der Waals surface area (Å²) in [6.07, 6.45) is 1.66. The van der Waals surface area contributed by atoms with Crippen molar-refractivity contribution < 1.29 is 4.79 Å². The van der Waals surface area contributed by atoms with Gasteiger partial charge in [-0.1, -0.05) is 66.2 Å². The van der Waals surface area contributed by atoms with Gasteiger partial charge in [0.1, 0.15) is 5.69 Å². The minimum Gasteiger partial charge on any atom is -0.319 e. The van der Waals surface area contributed by atoms with Gasteiger partial charge >= 0.3 is 0 Å². The van der Waals surface area contributed by atoms with Crippen molar-refractivity contribution in [1.82, 2.24) is 9.97 Å². The Hall–Kier alpha value is -3.50. The number of nitrogens with one attached hydrogen (secondary N) is 1. The predicted octanol–water partition coefficient (Wildman–Crippen LogP) is 5.00. The third-order valence-corrected chi connectivity index (χ3v) is 4.57. The summed E-state index contributed by atoms with van der Waals surface area (Å²) < 4.78 is 0. The van der Waals surface area contributed by atoms with E-state index in [0.717, 1.165) is 5.56 Å². The van der Waals surface area contributed by atoms with Crippen LogP contribution in [0.25, 0.3) is 22.7 Å². The summed E-state index contributed by atoms with van der Waals surface area (Å²) >= 11 is 5.96. The Labute approximate surface area is 166 Å². The van der Waals surface area contributed by atoms with Crippen molar-refractivity contribution >= 4 is 40.1 Å². The Bertz CT molecular complexity index is 1240.